The second kappa shape index (κ2) is 7.27. The van der Waals surface area contributed by atoms with Crippen LogP contribution < -0.4 is 14.0 Å². The zero-order chi connectivity index (χ0) is 19.7. The van der Waals surface area contributed by atoms with Gasteiger partial charge in [0.25, 0.3) is 5.82 Å². The van der Waals surface area contributed by atoms with Crippen molar-refractivity contribution in [2.75, 3.05) is 19.0 Å². The molecule has 0 aliphatic carbocycles. The van der Waals surface area contributed by atoms with Crippen LogP contribution >= 0.6 is 0 Å². The molecule has 140 valence electrons. The van der Waals surface area contributed by atoms with Crippen molar-refractivity contribution in [1.29, 1.82) is 0 Å². The average molecular weight is 371 g/mol. The largest absolute Gasteiger partial charge is 0.378 e. The normalized spacial score (nSPS) is 11.4. The van der Waals surface area contributed by atoms with E-state index in [2.05, 4.69) is 90.3 Å². The van der Waals surface area contributed by atoms with E-state index in [0.717, 1.165) is 28.2 Å². The molecule has 1 aromatic carbocycles. The molecule has 0 radical (unpaired) electrons. The van der Waals surface area contributed by atoms with Gasteiger partial charge in [-0.15, -0.1) is 0 Å². The molecule has 0 unspecified atom stereocenters. The molecule has 5 nitrogen and oxygen atoms in total. The number of aryl methyl sites for hydroxylation is 2. The topological polar surface area (TPSA) is 39.7 Å². The highest BCUT2D eigenvalue weighted by atomic mass is 15.1. The molecule has 0 bridgehead atoms. The van der Waals surface area contributed by atoms with Crippen molar-refractivity contribution in [3.05, 3.63) is 72.2 Å². The first kappa shape index (κ1) is 17.9. The summed E-state index contributed by atoms with van der Waals surface area (Å²) in [4.78, 5) is 10.3. The van der Waals surface area contributed by atoms with Gasteiger partial charge in [-0.25, -0.2) is 9.13 Å². The van der Waals surface area contributed by atoms with Crippen LogP contribution in [0.5, 0.6) is 0 Å². The fourth-order valence-corrected chi connectivity index (χ4v) is 3.20. The molecule has 28 heavy (non-hydrogen) atoms. The number of nitrogens with one attached hydrogen (secondary N) is 1. The molecule has 0 spiro atoms. The maximum atomic E-state index is 4.77. The van der Waals surface area contributed by atoms with Crippen molar-refractivity contribution in [1.82, 2.24) is 9.97 Å². The van der Waals surface area contributed by atoms with Gasteiger partial charge < -0.3 is 9.88 Å². The van der Waals surface area contributed by atoms with Crippen LogP contribution in [0, 0.1) is 0 Å². The van der Waals surface area contributed by atoms with Gasteiger partial charge in [0, 0.05) is 38.0 Å². The summed E-state index contributed by atoms with van der Waals surface area (Å²) < 4.78 is 4.13. The fraction of sp³-hybridized carbons (Fsp3) is 0.174. The van der Waals surface area contributed by atoms with Crippen molar-refractivity contribution in [2.24, 2.45) is 14.1 Å². The molecule has 0 amide bonds. The summed E-state index contributed by atoms with van der Waals surface area (Å²) in [6, 6.07) is 16.8. The molecule has 4 aromatic rings. The molecule has 1 N–H and O–H groups in total. The van der Waals surface area contributed by atoms with Gasteiger partial charge in [0.05, 0.1) is 18.8 Å². The lowest BCUT2D eigenvalue weighted by molar-refractivity contribution is -0.673. The van der Waals surface area contributed by atoms with Gasteiger partial charge >= 0.3 is 5.65 Å². The maximum absolute atomic E-state index is 4.77. The molecule has 3 aromatic heterocycles. The number of aromatic amines is 1. The van der Waals surface area contributed by atoms with Crippen LogP contribution in [0.15, 0.2) is 60.9 Å². The minimum atomic E-state index is 0.877. The standard InChI is InChI=1S/C23H24N5/c1-26(2)19-10-7-17(8-11-19)9-12-20-16-18(13-15-27(20)3)22-24-21-6-5-14-28(4)23(21)25-22/h5-16H,1-4H3/q+1/p+1. The van der Waals surface area contributed by atoms with Crippen LogP contribution in [-0.2, 0) is 14.1 Å². The molecular formula is C23H25N5+2. The summed E-state index contributed by atoms with van der Waals surface area (Å²) in [6.45, 7) is 0. The Hall–Kier alpha value is -3.47. The lowest BCUT2D eigenvalue weighted by Gasteiger charge is -2.11. The molecule has 0 fully saturated rings. The quantitative estimate of drug-likeness (QED) is 0.560. The van der Waals surface area contributed by atoms with E-state index in [1.165, 1.54) is 11.3 Å². The van der Waals surface area contributed by atoms with Gasteiger partial charge in [-0.2, -0.15) is 0 Å². The molecule has 0 saturated heterocycles. The van der Waals surface area contributed by atoms with Gasteiger partial charge in [0.15, 0.2) is 6.20 Å². The Balaban J connectivity index is 1.65. The number of pyridine rings is 2. The SMILES string of the molecule is CN(C)c1ccc(/C=C/c2cc(-c3nc4c(ccc[n+]4C)[nH]3)cc[n+]2C)cc1. The molecular weight excluding hydrogens is 346 g/mol. The third-order valence-corrected chi connectivity index (χ3v) is 4.94. The number of anilines is 1. The van der Waals surface area contributed by atoms with Gasteiger partial charge in [0.1, 0.15) is 12.6 Å². The third-order valence-electron chi connectivity index (χ3n) is 4.94. The summed E-state index contributed by atoms with van der Waals surface area (Å²) in [7, 11) is 8.16. The zero-order valence-electron chi connectivity index (χ0n) is 16.7. The monoisotopic (exact) mass is 371 g/mol. The van der Waals surface area contributed by atoms with Crippen LogP contribution in [-0.4, -0.2) is 24.1 Å². The van der Waals surface area contributed by atoms with E-state index in [9.17, 15) is 0 Å². The number of imidazole rings is 1. The van der Waals surface area contributed by atoms with E-state index in [-0.39, 0.29) is 0 Å². The van der Waals surface area contributed by atoms with Crippen molar-refractivity contribution in [3.63, 3.8) is 0 Å². The fourth-order valence-electron chi connectivity index (χ4n) is 3.20. The van der Waals surface area contributed by atoms with Crippen molar-refractivity contribution in [2.45, 2.75) is 0 Å². The Morgan fingerprint density at radius 3 is 2.43 bits per heavy atom. The Morgan fingerprint density at radius 1 is 0.929 bits per heavy atom. The van der Waals surface area contributed by atoms with E-state index < -0.39 is 0 Å². The van der Waals surface area contributed by atoms with Crippen LogP contribution in [0.3, 0.4) is 0 Å². The summed E-state index contributed by atoms with van der Waals surface area (Å²) in [5, 5.41) is 0. The predicted octanol–water partition coefficient (Wildman–Crippen LogP) is 3.12. The maximum Gasteiger partial charge on any atom is 0.349 e. The zero-order valence-corrected chi connectivity index (χ0v) is 16.7. The first-order valence-corrected chi connectivity index (χ1v) is 9.31. The number of hydrogen-bond donors (Lipinski definition) is 1. The van der Waals surface area contributed by atoms with Crippen LogP contribution in [0.25, 0.3) is 34.7 Å². The summed E-state index contributed by atoms with van der Waals surface area (Å²) in [5.74, 6) is 0.877. The van der Waals surface area contributed by atoms with Gasteiger partial charge in [-0.1, -0.05) is 12.1 Å². The second-order valence-electron chi connectivity index (χ2n) is 7.21. The molecule has 5 heteroatoms. The molecule has 4 rings (SSSR count). The minimum absolute atomic E-state index is 0.877. The van der Waals surface area contributed by atoms with Crippen LogP contribution in [0.2, 0.25) is 0 Å². The predicted molar refractivity (Wildman–Crippen MR) is 114 cm³/mol. The Bertz CT molecular complexity index is 1150. The van der Waals surface area contributed by atoms with Crippen molar-refractivity contribution in [3.8, 4) is 11.4 Å². The van der Waals surface area contributed by atoms with Gasteiger partial charge in [-0.3, -0.25) is 0 Å². The lowest BCUT2D eigenvalue weighted by Crippen LogP contribution is -2.31. The summed E-state index contributed by atoms with van der Waals surface area (Å²) in [6.07, 6.45) is 8.35. The lowest BCUT2D eigenvalue weighted by atomic mass is 10.1. The van der Waals surface area contributed by atoms with Gasteiger partial charge in [-0.05, 0) is 40.9 Å². The van der Waals surface area contributed by atoms with E-state index in [0.29, 0.717) is 0 Å². The number of fused-ring (bicyclic) bond motifs is 1. The molecule has 0 aliphatic rings. The summed E-state index contributed by atoms with van der Waals surface area (Å²) in [5.41, 5.74) is 6.53. The number of rotatable bonds is 4. The van der Waals surface area contributed by atoms with E-state index >= 15 is 0 Å². The number of H-pyrrole nitrogens is 1. The number of nitrogens with zero attached hydrogens (tertiary/aromatic N) is 4. The highest BCUT2D eigenvalue weighted by Gasteiger charge is 2.17. The highest BCUT2D eigenvalue weighted by Crippen LogP contribution is 2.19. The first-order chi connectivity index (χ1) is 13.5. The molecule has 0 aliphatic heterocycles. The van der Waals surface area contributed by atoms with E-state index in [1.807, 2.05) is 29.9 Å². The highest BCUT2D eigenvalue weighted by molar-refractivity contribution is 5.74. The number of benzene rings is 1. The Morgan fingerprint density at radius 2 is 1.71 bits per heavy atom. The first-order valence-electron chi connectivity index (χ1n) is 9.31. The van der Waals surface area contributed by atoms with E-state index in [4.69, 9.17) is 4.98 Å². The van der Waals surface area contributed by atoms with Crippen LogP contribution in [0.4, 0.5) is 5.69 Å². The number of hydrogen-bond acceptors (Lipinski definition) is 2. The summed E-state index contributed by atoms with van der Waals surface area (Å²) >= 11 is 0. The van der Waals surface area contributed by atoms with Gasteiger partial charge in [0.2, 0.25) is 5.69 Å². The Kier molecular flexibility index (Phi) is 4.65. The number of aromatic nitrogens is 4. The molecule has 0 atom stereocenters. The third kappa shape index (κ3) is 3.51. The molecule has 0 saturated carbocycles. The van der Waals surface area contributed by atoms with Crippen LogP contribution in [0.1, 0.15) is 11.3 Å². The minimum Gasteiger partial charge on any atom is -0.378 e. The molecule has 3 heterocycles. The second-order valence-corrected chi connectivity index (χ2v) is 7.21. The smallest absolute Gasteiger partial charge is 0.349 e. The average Bonchev–Trinajstić information content (AvgIpc) is 3.13. The van der Waals surface area contributed by atoms with Crippen molar-refractivity contribution < 1.29 is 9.13 Å². The Labute approximate surface area is 165 Å². The van der Waals surface area contributed by atoms with Crippen molar-refractivity contribution >= 4 is 29.0 Å². The van der Waals surface area contributed by atoms with E-state index in [1.54, 1.807) is 0 Å².